The Hall–Kier alpha value is -1.03. The molecule has 2 heterocycles. The maximum Gasteiger partial charge on any atom is 0.159 e. The van der Waals surface area contributed by atoms with Crippen LogP contribution in [0.1, 0.15) is 70.8 Å². The Labute approximate surface area is 132 Å². The molecule has 0 saturated heterocycles. The van der Waals surface area contributed by atoms with Crippen LogP contribution in [0.25, 0.3) is 11.2 Å². The summed E-state index contributed by atoms with van der Waals surface area (Å²) in [5, 5.41) is 4.57. The Balaban J connectivity index is 2.80. The maximum absolute atomic E-state index is 6.43. The van der Waals surface area contributed by atoms with E-state index in [4.69, 9.17) is 16.6 Å². The van der Waals surface area contributed by atoms with Gasteiger partial charge in [-0.25, -0.2) is 4.98 Å². The van der Waals surface area contributed by atoms with Crippen LogP contribution in [0.15, 0.2) is 0 Å². The van der Waals surface area contributed by atoms with E-state index in [0.717, 1.165) is 48.4 Å². The number of hydrogen-bond acceptors (Lipinski definition) is 2. The van der Waals surface area contributed by atoms with Gasteiger partial charge in [0, 0.05) is 12.6 Å². The highest BCUT2D eigenvalue weighted by Crippen LogP contribution is 2.35. The first-order valence-electron chi connectivity index (χ1n) is 7.98. The smallest absolute Gasteiger partial charge is 0.159 e. The third kappa shape index (κ3) is 2.59. The van der Waals surface area contributed by atoms with E-state index in [9.17, 15) is 0 Å². The van der Waals surface area contributed by atoms with Crippen molar-refractivity contribution in [2.45, 2.75) is 71.2 Å². The number of nitrogens with zero attached hydrogens (tertiary/aromatic N) is 4. The number of hydrogen-bond donors (Lipinski definition) is 0. The van der Waals surface area contributed by atoms with Gasteiger partial charge in [0.2, 0.25) is 0 Å². The maximum atomic E-state index is 6.43. The Morgan fingerprint density at radius 2 is 1.86 bits per heavy atom. The summed E-state index contributed by atoms with van der Waals surface area (Å²) in [5.41, 5.74) is 3.23. The fourth-order valence-electron chi connectivity index (χ4n) is 2.97. The molecule has 0 saturated carbocycles. The Kier molecular flexibility index (Phi) is 4.66. The average Bonchev–Trinajstić information content (AvgIpc) is 2.98. The second kappa shape index (κ2) is 5.99. The van der Waals surface area contributed by atoms with Gasteiger partial charge in [0.05, 0.1) is 11.1 Å². The molecule has 0 aliphatic rings. The van der Waals surface area contributed by atoms with Crippen molar-refractivity contribution in [3.05, 3.63) is 11.5 Å². The summed E-state index contributed by atoms with van der Waals surface area (Å²) in [6.45, 7) is 10.9. The molecule has 0 radical (unpaired) electrons. The molecule has 0 aliphatic heterocycles. The van der Waals surface area contributed by atoms with E-state index in [1.54, 1.807) is 0 Å². The molecule has 0 aliphatic carbocycles. The van der Waals surface area contributed by atoms with Crippen molar-refractivity contribution in [3.63, 3.8) is 0 Å². The number of alkyl halides is 1. The van der Waals surface area contributed by atoms with Crippen LogP contribution in [0.2, 0.25) is 0 Å². The fourth-order valence-corrected chi connectivity index (χ4v) is 3.11. The van der Waals surface area contributed by atoms with E-state index in [2.05, 4.69) is 37.4 Å². The second-order valence-corrected chi connectivity index (χ2v) is 6.77. The highest BCUT2D eigenvalue weighted by Gasteiger charge is 2.31. The summed E-state index contributed by atoms with van der Waals surface area (Å²) in [7, 11) is 2.01. The quantitative estimate of drug-likeness (QED) is 0.733. The van der Waals surface area contributed by atoms with E-state index in [1.807, 2.05) is 18.7 Å². The van der Waals surface area contributed by atoms with Gasteiger partial charge in [-0.05, 0) is 33.1 Å². The van der Waals surface area contributed by atoms with Gasteiger partial charge in [0.15, 0.2) is 5.65 Å². The molecule has 118 valence electrons. The molecule has 5 heteroatoms. The number of aryl methyl sites for hydroxylation is 2. The highest BCUT2D eigenvalue weighted by molar-refractivity contribution is 6.20. The van der Waals surface area contributed by atoms with Crippen molar-refractivity contribution in [2.24, 2.45) is 7.05 Å². The summed E-state index contributed by atoms with van der Waals surface area (Å²) >= 11 is 6.43. The first-order chi connectivity index (χ1) is 9.89. The summed E-state index contributed by atoms with van der Waals surface area (Å²) in [6.07, 6.45) is 4.11. The van der Waals surface area contributed by atoms with Crippen molar-refractivity contribution in [2.75, 3.05) is 0 Å². The Bertz CT molecular complexity index is 620. The van der Waals surface area contributed by atoms with Crippen LogP contribution in [-0.4, -0.2) is 19.3 Å². The zero-order valence-corrected chi connectivity index (χ0v) is 14.8. The molecule has 2 aromatic rings. The molecule has 21 heavy (non-hydrogen) atoms. The highest BCUT2D eigenvalue weighted by atomic mass is 35.5. The molecule has 0 N–H and O–H groups in total. The van der Waals surface area contributed by atoms with Crippen LogP contribution in [0.4, 0.5) is 0 Å². The molecular formula is C16H27ClN4. The van der Waals surface area contributed by atoms with Gasteiger partial charge < -0.3 is 4.57 Å². The van der Waals surface area contributed by atoms with Gasteiger partial charge in [0.1, 0.15) is 11.3 Å². The average molecular weight is 311 g/mol. The summed E-state index contributed by atoms with van der Waals surface area (Å²) < 4.78 is 4.30. The lowest BCUT2D eigenvalue weighted by molar-refractivity contribution is 0.290. The minimum absolute atomic E-state index is 0.0184. The molecular weight excluding hydrogens is 284 g/mol. The number of aromatic nitrogens is 4. The lowest BCUT2D eigenvalue weighted by Gasteiger charge is -2.31. The third-order valence-corrected chi connectivity index (χ3v) is 4.83. The molecule has 2 rings (SSSR count). The zero-order chi connectivity index (χ0) is 15.8. The molecule has 1 unspecified atom stereocenters. The summed E-state index contributed by atoms with van der Waals surface area (Å²) in [4.78, 5) is 4.86. The normalized spacial score (nSPS) is 14.0. The largest absolute Gasteiger partial charge is 0.306 e. The molecule has 0 aromatic carbocycles. The number of rotatable bonds is 6. The van der Waals surface area contributed by atoms with Crippen LogP contribution >= 0.6 is 11.6 Å². The Morgan fingerprint density at radius 3 is 2.33 bits per heavy atom. The summed E-state index contributed by atoms with van der Waals surface area (Å²) in [6, 6.07) is 0. The zero-order valence-electron chi connectivity index (χ0n) is 14.1. The van der Waals surface area contributed by atoms with Crippen molar-refractivity contribution in [3.8, 4) is 0 Å². The number of fused-ring (bicyclic) bond motifs is 1. The first-order valence-corrected chi connectivity index (χ1v) is 8.42. The first kappa shape index (κ1) is 16.3. The van der Waals surface area contributed by atoms with Gasteiger partial charge in [-0.15, -0.1) is 11.6 Å². The molecule has 0 bridgehead atoms. The van der Waals surface area contributed by atoms with Crippen LogP contribution in [0.3, 0.4) is 0 Å². The van der Waals surface area contributed by atoms with Crippen LogP contribution in [-0.2, 0) is 19.0 Å². The van der Waals surface area contributed by atoms with E-state index in [-0.39, 0.29) is 10.9 Å². The van der Waals surface area contributed by atoms with Gasteiger partial charge >= 0.3 is 0 Å². The van der Waals surface area contributed by atoms with Crippen molar-refractivity contribution < 1.29 is 0 Å². The van der Waals surface area contributed by atoms with E-state index in [0.29, 0.717) is 0 Å². The lowest BCUT2D eigenvalue weighted by atomic mass is 9.94. The van der Waals surface area contributed by atoms with E-state index in [1.165, 1.54) is 0 Å². The van der Waals surface area contributed by atoms with E-state index >= 15 is 0 Å². The monoisotopic (exact) mass is 310 g/mol. The summed E-state index contributed by atoms with van der Waals surface area (Å²) in [5.74, 6) is 0.961. The Morgan fingerprint density at radius 1 is 1.24 bits per heavy atom. The lowest BCUT2D eigenvalue weighted by Crippen LogP contribution is -2.31. The standard InChI is InChI=1S/C16H27ClN4/c1-7-10-12-13-15(20(6)19-12)21(14(18-13)11(4)17)16(5,8-2)9-3/h11H,7-10H2,1-6H3. The predicted molar refractivity (Wildman–Crippen MR) is 89.0 cm³/mol. The molecule has 0 fully saturated rings. The van der Waals surface area contributed by atoms with Crippen LogP contribution < -0.4 is 0 Å². The molecule has 2 aromatic heterocycles. The van der Waals surface area contributed by atoms with Gasteiger partial charge in [0.25, 0.3) is 0 Å². The number of imidazole rings is 1. The van der Waals surface area contributed by atoms with Crippen molar-refractivity contribution in [1.82, 2.24) is 19.3 Å². The van der Waals surface area contributed by atoms with Crippen LogP contribution in [0.5, 0.6) is 0 Å². The van der Waals surface area contributed by atoms with Gasteiger partial charge in [-0.3, -0.25) is 4.68 Å². The SMILES string of the molecule is CCCc1nn(C)c2c1nc(C(C)Cl)n2C(C)(CC)CC. The second-order valence-electron chi connectivity index (χ2n) is 6.12. The van der Waals surface area contributed by atoms with Gasteiger partial charge in [-0.2, -0.15) is 5.10 Å². The van der Waals surface area contributed by atoms with Crippen molar-refractivity contribution in [1.29, 1.82) is 0 Å². The van der Waals surface area contributed by atoms with Crippen LogP contribution in [0, 0.1) is 0 Å². The fraction of sp³-hybridized carbons (Fsp3) is 0.750. The topological polar surface area (TPSA) is 35.6 Å². The minimum atomic E-state index is -0.107. The van der Waals surface area contributed by atoms with Crippen molar-refractivity contribution >= 4 is 22.8 Å². The minimum Gasteiger partial charge on any atom is -0.306 e. The third-order valence-electron chi connectivity index (χ3n) is 4.64. The molecule has 0 spiro atoms. The van der Waals surface area contributed by atoms with E-state index < -0.39 is 0 Å². The number of halogens is 1. The molecule has 0 amide bonds. The van der Waals surface area contributed by atoms with Gasteiger partial charge in [-0.1, -0.05) is 27.2 Å². The molecule has 4 nitrogen and oxygen atoms in total. The predicted octanol–water partition coefficient (Wildman–Crippen LogP) is 4.56. The molecule has 1 atom stereocenters.